The largest absolute Gasteiger partial charge is 0.483 e. The molecule has 0 radical (unpaired) electrons. The third kappa shape index (κ3) is 3.32. The number of carbonyl (C=O) groups excluding carboxylic acids is 1. The fourth-order valence-electron chi connectivity index (χ4n) is 2.31. The minimum absolute atomic E-state index is 0.138. The van der Waals surface area contributed by atoms with Crippen molar-refractivity contribution in [3.8, 4) is 5.75 Å². The van der Waals surface area contributed by atoms with Gasteiger partial charge in [-0.05, 0) is 38.0 Å². The molecule has 21 heavy (non-hydrogen) atoms. The maximum absolute atomic E-state index is 12.3. The van der Waals surface area contributed by atoms with Gasteiger partial charge in [-0.3, -0.25) is 4.79 Å². The molecule has 2 unspecified atom stereocenters. The van der Waals surface area contributed by atoms with Crippen molar-refractivity contribution in [1.82, 2.24) is 4.90 Å². The van der Waals surface area contributed by atoms with E-state index in [1.807, 2.05) is 39.0 Å². The van der Waals surface area contributed by atoms with Crippen LogP contribution in [0.3, 0.4) is 0 Å². The lowest BCUT2D eigenvalue weighted by Gasteiger charge is -2.25. The fourth-order valence-corrected chi connectivity index (χ4v) is 3.49. The van der Waals surface area contributed by atoms with Crippen molar-refractivity contribution in [3.05, 3.63) is 29.3 Å². The molecule has 1 fully saturated rings. The number of aryl methyl sites for hydroxylation is 1. The Kier molecular flexibility index (Phi) is 4.77. The Morgan fingerprint density at radius 3 is 2.81 bits per heavy atom. The zero-order chi connectivity index (χ0) is 15.6. The van der Waals surface area contributed by atoms with Gasteiger partial charge in [0.15, 0.2) is 6.61 Å². The van der Waals surface area contributed by atoms with Crippen molar-refractivity contribution < 1.29 is 19.4 Å². The number of carboxylic acids is 1. The van der Waals surface area contributed by atoms with Crippen molar-refractivity contribution in [2.24, 2.45) is 0 Å². The highest BCUT2D eigenvalue weighted by Crippen LogP contribution is 2.29. The highest BCUT2D eigenvalue weighted by Gasteiger charge is 2.39. The van der Waals surface area contributed by atoms with E-state index in [0.29, 0.717) is 11.5 Å². The number of ether oxygens (including phenoxy) is 1. The molecule has 114 valence electrons. The number of nitrogens with zero attached hydrogens (tertiary/aromatic N) is 1. The van der Waals surface area contributed by atoms with E-state index < -0.39 is 12.0 Å². The van der Waals surface area contributed by atoms with E-state index in [-0.39, 0.29) is 17.9 Å². The number of rotatable bonds is 4. The summed E-state index contributed by atoms with van der Waals surface area (Å²) in [7, 11) is 0. The standard InChI is InChI=1S/C15H19NO4S/c1-9-5-4-6-13(10(9)2)20-7-14(17)16-11(3)21-8-12(16)15(18)19/h4-6,11-12H,7-8H2,1-3H3,(H,18,19). The van der Waals surface area contributed by atoms with Crippen molar-refractivity contribution in [2.75, 3.05) is 12.4 Å². The maximum Gasteiger partial charge on any atom is 0.327 e. The Morgan fingerprint density at radius 1 is 1.43 bits per heavy atom. The zero-order valence-corrected chi connectivity index (χ0v) is 13.1. The van der Waals surface area contributed by atoms with Gasteiger partial charge in [0.1, 0.15) is 11.8 Å². The van der Waals surface area contributed by atoms with E-state index in [4.69, 9.17) is 9.84 Å². The lowest BCUT2D eigenvalue weighted by atomic mass is 10.1. The van der Waals surface area contributed by atoms with Crippen molar-refractivity contribution >= 4 is 23.6 Å². The Morgan fingerprint density at radius 2 is 2.14 bits per heavy atom. The molecule has 1 aliphatic heterocycles. The lowest BCUT2D eigenvalue weighted by molar-refractivity contribution is -0.149. The molecule has 0 spiro atoms. The molecule has 2 rings (SSSR count). The van der Waals surface area contributed by atoms with Crippen LogP contribution in [0.4, 0.5) is 0 Å². The van der Waals surface area contributed by atoms with Gasteiger partial charge in [-0.2, -0.15) is 0 Å². The number of benzene rings is 1. The number of amides is 1. The Hall–Kier alpha value is -1.69. The van der Waals surface area contributed by atoms with Crippen LogP contribution in [0.5, 0.6) is 5.75 Å². The third-order valence-corrected chi connectivity index (χ3v) is 4.92. The lowest BCUT2D eigenvalue weighted by Crippen LogP contribution is -2.46. The summed E-state index contributed by atoms with van der Waals surface area (Å²) in [5.41, 5.74) is 2.08. The summed E-state index contributed by atoms with van der Waals surface area (Å²) < 4.78 is 5.57. The first kappa shape index (κ1) is 15.7. The van der Waals surface area contributed by atoms with Crippen LogP contribution in [0, 0.1) is 13.8 Å². The number of carboxylic acid groups (broad SMARTS) is 1. The van der Waals surface area contributed by atoms with E-state index in [1.54, 1.807) is 0 Å². The summed E-state index contributed by atoms with van der Waals surface area (Å²) in [6, 6.07) is 4.90. The summed E-state index contributed by atoms with van der Waals surface area (Å²) in [6.45, 7) is 5.61. The van der Waals surface area contributed by atoms with Crippen molar-refractivity contribution in [1.29, 1.82) is 0 Å². The van der Waals surface area contributed by atoms with Gasteiger partial charge < -0.3 is 14.7 Å². The molecule has 1 heterocycles. The minimum Gasteiger partial charge on any atom is -0.483 e. The van der Waals surface area contributed by atoms with Crippen LogP contribution < -0.4 is 4.74 Å². The minimum atomic E-state index is -0.966. The topological polar surface area (TPSA) is 66.8 Å². The average Bonchev–Trinajstić information content (AvgIpc) is 2.82. The number of carbonyl (C=O) groups is 2. The van der Waals surface area contributed by atoms with E-state index in [1.165, 1.54) is 16.7 Å². The van der Waals surface area contributed by atoms with Crippen LogP contribution in [0.1, 0.15) is 18.1 Å². The molecule has 6 heteroatoms. The van der Waals surface area contributed by atoms with Crippen LogP contribution >= 0.6 is 11.8 Å². The van der Waals surface area contributed by atoms with Crippen LogP contribution in [0.15, 0.2) is 18.2 Å². The molecule has 1 amide bonds. The highest BCUT2D eigenvalue weighted by molar-refractivity contribution is 8.00. The number of hydrogen-bond acceptors (Lipinski definition) is 4. The van der Waals surface area contributed by atoms with Gasteiger partial charge in [0, 0.05) is 5.75 Å². The summed E-state index contributed by atoms with van der Waals surface area (Å²) in [6.07, 6.45) is 0. The Bertz CT molecular complexity index is 561. The maximum atomic E-state index is 12.3. The normalized spacial score (nSPS) is 21.4. The first-order valence-corrected chi connectivity index (χ1v) is 7.81. The van der Waals surface area contributed by atoms with Crippen LogP contribution in [-0.4, -0.2) is 45.7 Å². The predicted octanol–water partition coefficient (Wildman–Crippen LogP) is 2.06. The molecule has 1 aromatic carbocycles. The highest BCUT2D eigenvalue weighted by atomic mass is 32.2. The Labute approximate surface area is 128 Å². The number of aliphatic carboxylic acids is 1. The molecule has 5 nitrogen and oxygen atoms in total. The van der Waals surface area contributed by atoms with Gasteiger partial charge >= 0.3 is 5.97 Å². The third-order valence-electron chi connectivity index (χ3n) is 3.70. The molecule has 1 aliphatic rings. The summed E-state index contributed by atoms with van der Waals surface area (Å²) >= 11 is 1.47. The monoisotopic (exact) mass is 309 g/mol. The smallest absolute Gasteiger partial charge is 0.327 e. The van der Waals surface area contributed by atoms with E-state index in [9.17, 15) is 9.59 Å². The second-order valence-electron chi connectivity index (χ2n) is 5.07. The van der Waals surface area contributed by atoms with E-state index in [2.05, 4.69) is 0 Å². The summed E-state index contributed by atoms with van der Waals surface area (Å²) in [5.74, 6) is -0.173. The molecule has 1 N–H and O–H groups in total. The zero-order valence-electron chi connectivity index (χ0n) is 12.3. The fraction of sp³-hybridized carbons (Fsp3) is 0.467. The van der Waals surface area contributed by atoms with Gasteiger partial charge in [0.05, 0.1) is 5.37 Å². The second kappa shape index (κ2) is 6.39. The SMILES string of the molecule is Cc1cccc(OCC(=O)N2C(C)SCC2C(=O)O)c1C. The van der Waals surface area contributed by atoms with Crippen LogP contribution in [-0.2, 0) is 9.59 Å². The number of hydrogen-bond donors (Lipinski definition) is 1. The molecule has 1 aromatic rings. The molecule has 2 atom stereocenters. The van der Waals surface area contributed by atoms with E-state index >= 15 is 0 Å². The average molecular weight is 309 g/mol. The van der Waals surface area contributed by atoms with Gasteiger partial charge in [-0.15, -0.1) is 11.8 Å². The van der Waals surface area contributed by atoms with Gasteiger partial charge in [0.25, 0.3) is 5.91 Å². The molecule has 0 bridgehead atoms. The second-order valence-corrected chi connectivity index (χ2v) is 6.42. The predicted molar refractivity (Wildman–Crippen MR) is 81.6 cm³/mol. The molecule has 1 saturated heterocycles. The molecule has 0 aliphatic carbocycles. The molecule has 0 saturated carbocycles. The first-order chi connectivity index (χ1) is 9.91. The molecule has 0 aromatic heterocycles. The quantitative estimate of drug-likeness (QED) is 0.922. The molecular weight excluding hydrogens is 290 g/mol. The van der Waals surface area contributed by atoms with Crippen molar-refractivity contribution in [3.63, 3.8) is 0 Å². The van der Waals surface area contributed by atoms with Crippen molar-refractivity contribution in [2.45, 2.75) is 32.2 Å². The van der Waals surface area contributed by atoms with Gasteiger partial charge in [-0.25, -0.2) is 4.79 Å². The van der Waals surface area contributed by atoms with Crippen LogP contribution in [0.2, 0.25) is 0 Å². The van der Waals surface area contributed by atoms with Gasteiger partial charge in [0.2, 0.25) is 0 Å². The molecular formula is C15H19NO4S. The Balaban J connectivity index is 2.04. The number of thioether (sulfide) groups is 1. The summed E-state index contributed by atoms with van der Waals surface area (Å²) in [4.78, 5) is 24.9. The first-order valence-electron chi connectivity index (χ1n) is 6.76. The van der Waals surface area contributed by atoms with Gasteiger partial charge in [-0.1, -0.05) is 12.1 Å². The van der Waals surface area contributed by atoms with E-state index in [0.717, 1.165) is 11.1 Å². The van der Waals surface area contributed by atoms with Crippen LogP contribution in [0.25, 0.3) is 0 Å². The summed E-state index contributed by atoms with van der Waals surface area (Å²) in [5, 5.41) is 9.03.